The quantitative estimate of drug-likeness (QED) is 0.608. The van der Waals surface area contributed by atoms with Gasteiger partial charge in [0.25, 0.3) is 5.56 Å². The number of hydrogen-bond acceptors (Lipinski definition) is 4. The Bertz CT molecular complexity index is 1290. The highest BCUT2D eigenvalue weighted by Gasteiger charge is 2.28. The molecule has 168 valence electrons. The lowest BCUT2D eigenvalue weighted by molar-refractivity contribution is -0.136. The third-order valence-electron chi connectivity index (χ3n) is 6.28. The summed E-state index contributed by atoms with van der Waals surface area (Å²) in [6.45, 7) is 9.50. The van der Waals surface area contributed by atoms with Gasteiger partial charge in [0.1, 0.15) is 6.04 Å². The summed E-state index contributed by atoms with van der Waals surface area (Å²) >= 11 is 6.28. The van der Waals surface area contributed by atoms with Crippen molar-refractivity contribution < 1.29 is 4.79 Å². The van der Waals surface area contributed by atoms with Crippen LogP contribution in [0.15, 0.2) is 52.1 Å². The topological polar surface area (TPSA) is 67.5 Å². The van der Waals surface area contributed by atoms with Gasteiger partial charge in [0.2, 0.25) is 5.91 Å². The molecule has 4 rings (SSSR count). The van der Waals surface area contributed by atoms with Gasteiger partial charge in [-0.3, -0.25) is 14.2 Å². The van der Waals surface area contributed by atoms with Crippen molar-refractivity contribution in [2.24, 2.45) is 0 Å². The molecule has 2 aromatic carbocycles. The van der Waals surface area contributed by atoms with Crippen LogP contribution in [0, 0.1) is 6.92 Å². The van der Waals surface area contributed by atoms with Crippen LogP contribution in [0.4, 0.5) is 0 Å². The van der Waals surface area contributed by atoms with E-state index < -0.39 is 17.3 Å². The monoisotopic (exact) mass is 454 g/mol. The lowest BCUT2D eigenvalue weighted by Gasteiger charge is -2.35. The summed E-state index contributed by atoms with van der Waals surface area (Å²) in [5.41, 5.74) is 0.690. The fourth-order valence-corrected chi connectivity index (χ4v) is 4.44. The second-order valence-electron chi connectivity index (χ2n) is 8.18. The van der Waals surface area contributed by atoms with Gasteiger partial charge >= 0.3 is 5.69 Å². The van der Waals surface area contributed by atoms with Crippen molar-refractivity contribution in [2.75, 3.05) is 32.7 Å². The number of nitrogens with zero attached hydrogens (tertiary/aromatic N) is 4. The summed E-state index contributed by atoms with van der Waals surface area (Å²) in [6.07, 6.45) is 0. The maximum Gasteiger partial charge on any atom is 0.336 e. The first-order chi connectivity index (χ1) is 15.3. The van der Waals surface area contributed by atoms with Crippen LogP contribution >= 0.6 is 11.6 Å². The molecule has 0 N–H and O–H groups in total. The van der Waals surface area contributed by atoms with E-state index in [0.29, 0.717) is 34.7 Å². The number of piperazine rings is 1. The van der Waals surface area contributed by atoms with E-state index in [-0.39, 0.29) is 5.91 Å². The van der Waals surface area contributed by atoms with Crippen molar-refractivity contribution in [1.82, 2.24) is 18.9 Å². The number of hydrogen-bond donors (Lipinski definition) is 0. The average molecular weight is 455 g/mol. The Hall–Kier alpha value is -2.90. The van der Waals surface area contributed by atoms with Gasteiger partial charge in [0.15, 0.2) is 0 Å². The van der Waals surface area contributed by atoms with Gasteiger partial charge in [-0.05, 0) is 50.2 Å². The molecule has 1 saturated heterocycles. The van der Waals surface area contributed by atoms with Crippen molar-refractivity contribution in [1.29, 1.82) is 0 Å². The van der Waals surface area contributed by atoms with E-state index in [0.717, 1.165) is 29.8 Å². The van der Waals surface area contributed by atoms with E-state index in [4.69, 9.17) is 11.6 Å². The highest BCUT2D eigenvalue weighted by molar-refractivity contribution is 6.31. The number of amides is 1. The van der Waals surface area contributed by atoms with Gasteiger partial charge in [-0.25, -0.2) is 9.36 Å². The number of aromatic nitrogens is 2. The van der Waals surface area contributed by atoms with E-state index in [9.17, 15) is 14.4 Å². The lowest BCUT2D eigenvalue weighted by Crippen LogP contribution is -2.51. The van der Waals surface area contributed by atoms with Crippen molar-refractivity contribution in [3.05, 3.63) is 73.9 Å². The summed E-state index contributed by atoms with van der Waals surface area (Å²) in [6, 6.07) is 11.2. The summed E-state index contributed by atoms with van der Waals surface area (Å²) in [5.74, 6) is -0.125. The third-order valence-corrected chi connectivity index (χ3v) is 6.69. The molecule has 1 amide bonds. The molecule has 0 aliphatic carbocycles. The molecule has 1 aromatic heterocycles. The Balaban J connectivity index is 1.86. The molecule has 7 nitrogen and oxygen atoms in total. The maximum atomic E-state index is 13.6. The molecule has 0 spiro atoms. The van der Waals surface area contributed by atoms with Gasteiger partial charge in [0.05, 0.1) is 16.6 Å². The molecule has 2 heterocycles. The Morgan fingerprint density at radius 1 is 1.06 bits per heavy atom. The first-order valence-corrected chi connectivity index (χ1v) is 11.2. The Labute approximate surface area is 191 Å². The largest absolute Gasteiger partial charge is 0.338 e. The molecule has 1 fully saturated rings. The van der Waals surface area contributed by atoms with Crippen molar-refractivity contribution >= 4 is 28.4 Å². The standard InChI is InChI=1S/C24H27ClN4O3/c1-4-26-11-13-27(14-12-26)22(30)17(3)28-21-8-6-5-7-19(21)23(31)29(24(28)32)18-10-9-16(2)20(25)15-18/h5-10,15,17H,4,11-14H2,1-3H3. The molecule has 1 aliphatic rings. The van der Waals surface area contributed by atoms with E-state index in [1.54, 1.807) is 54.3 Å². The van der Waals surface area contributed by atoms with Gasteiger partial charge in [-0.15, -0.1) is 0 Å². The highest BCUT2D eigenvalue weighted by atomic mass is 35.5. The van der Waals surface area contributed by atoms with Crippen LogP contribution in [0.5, 0.6) is 0 Å². The van der Waals surface area contributed by atoms with E-state index >= 15 is 0 Å². The van der Waals surface area contributed by atoms with Crippen LogP contribution in [0.25, 0.3) is 16.6 Å². The third kappa shape index (κ3) is 3.87. The van der Waals surface area contributed by atoms with Crippen LogP contribution in [-0.2, 0) is 4.79 Å². The summed E-state index contributed by atoms with van der Waals surface area (Å²) in [4.78, 5) is 44.3. The van der Waals surface area contributed by atoms with Crippen LogP contribution in [-0.4, -0.2) is 57.6 Å². The van der Waals surface area contributed by atoms with Crippen LogP contribution in [0.2, 0.25) is 5.02 Å². The smallest absolute Gasteiger partial charge is 0.336 e. The molecule has 1 unspecified atom stereocenters. The van der Waals surface area contributed by atoms with E-state index in [2.05, 4.69) is 11.8 Å². The van der Waals surface area contributed by atoms with Crippen LogP contribution in [0.3, 0.4) is 0 Å². The number of aryl methyl sites for hydroxylation is 1. The van der Waals surface area contributed by atoms with Crippen molar-refractivity contribution in [3.63, 3.8) is 0 Å². The number of carbonyl (C=O) groups excluding carboxylic acids is 1. The molecule has 8 heteroatoms. The minimum atomic E-state index is -0.756. The first kappa shape index (κ1) is 22.3. The number of para-hydroxylation sites is 1. The van der Waals surface area contributed by atoms with Gasteiger partial charge in [-0.2, -0.15) is 0 Å². The summed E-state index contributed by atoms with van der Waals surface area (Å²) in [5, 5.41) is 0.839. The Kier molecular flexibility index (Phi) is 6.22. The van der Waals surface area contributed by atoms with E-state index in [1.165, 1.54) is 4.57 Å². The van der Waals surface area contributed by atoms with Crippen molar-refractivity contribution in [2.45, 2.75) is 26.8 Å². The first-order valence-electron chi connectivity index (χ1n) is 10.9. The number of rotatable bonds is 4. The molecule has 3 aromatic rings. The molecule has 0 saturated carbocycles. The fraction of sp³-hybridized carbons (Fsp3) is 0.375. The molecule has 1 atom stereocenters. The minimum absolute atomic E-state index is 0.125. The maximum absolute atomic E-state index is 13.6. The number of carbonyl (C=O) groups is 1. The lowest BCUT2D eigenvalue weighted by atomic mass is 10.1. The SMILES string of the molecule is CCN1CCN(C(=O)C(C)n2c(=O)n(-c3ccc(C)c(Cl)c3)c(=O)c3ccccc32)CC1. The molecule has 1 aliphatic heterocycles. The Morgan fingerprint density at radius 3 is 2.41 bits per heavy atom. The zero-order valence-electron chi connectivity index (χ0n) is 18.5. The average Bonchev–Trinajstić information content (AvgIpc) is 2.81. The number of likely N-dealkylation sites (N-methyl/N-ethyl adjacent to an activating group) is 1. The molecular formula is C24H27ClN4O3. The highest BCUT2D eigenvalue weighted by Crippen LogP contribution is 2.20. The van der Waals surface area contributed by atoms with E-state index in [1.807, 2.05) is 6.92 Å². The summed E-state index contributed by atoms with van der Waals surface area (Å²) in [7, 11) is 0. The molecule has 0 radical (unpaired) electrons. The minimum Gasteiger partial charge on any atom is -0.338 e. The van der Waals surface area contributed by atoms with Crippen LogP contribution in [0.1, 0.15) is 25.5 Å². The number of fused-ring (bicyclic) bond motifs is 1. The second kappa shape index (κ2) is 8.92. The van der Waals surface area contributed by atoms with Crippen molar-refractivity contribution in [3.8, 4) is 5.69 Å². The molecule has 0 bridgehead atoms. The number of benzene rings is 2. The predicted octanol–water partition coefficient (Wildman–Crippen LogP) is 2.84. The Morgan fingerprint density at radius 2 is 1.75 bits per heavy atom. The zero-order valence-corrected chi connectivity index (χ0v) is 19.3. The van der Waals surface area contributed by atoms with Gasteiger partial charge in [-0.1, -0.05) is 36.7 Å². The fourth-order valence-electron chi connectivity index (χ4n) is 4.26. The van der Waals surface area contributed by atoms with Gasteiger partial charge in [0, 0.05) is 31.2 Å². The summed E-state index contributed by atoms with van der Waals surface area (Å²) < 4.78 is 2.53. The van der Waals surface area contributed by atoms with Gasteiger partial charge < -0.3 is 9.80 Å². The number of halogens is 1. The zero-order chi connectivity index (χ0) is 23.0. The normalized spacial score (nSPS) is 15.8. The van der Waals surface area contributed by atoms with Crippen LogP contribution < -0.4 is 11.2 Å². The molecular weight excluding hydrogens is 428 g/mol. The second-order valence-corrected chi connectivity index (χ2v) is 8.59. The predicted molar refractivity (Wildman–Crippen MR) is 127 cm³/mol. The molecule has 32 heavy (non-hydrogen) atoms.